The summed E-state index contributed by atoms with van der Waals surface area (Å²) in [5.74, 6) is 2.53. The maximum atomic E-state index is 14.0. The van der Waals surface area contributed by atoms with E-state index in [1.807, 2.05) is 0 Å². The summed E-state index contributed by atoms with van der Waals surface area (Å²) in [6, 6.07) is 3.76. The van der Waals surface area contributed by atoms with Crippen molar-refractivity contribution < 1.29 is 4.39 Å². The van der Waals surface area contributed by atoms with Crippen molar-refractivity contribution in [1.82, 2.24) is 9.55 Å². The van der Waals surface area contributed by atoms with Crippen LogP contribution in [0.25, 0.3) is 11.0 Å². The minimum atomic E-state index is -0.236. The second-order valence-electron chi connectivity index (χ2n) is 6.07. The van der Waals surface area contributed by atoms with Gasteiger partial charge in [0.1, 0.15) is 11.6 Å². The second kappa shape index (κ2) is 5.88. The van der Waals surface area contributed by atoms with Crippen LogP contribution in [0.3, 0.4) is 0 Å². The molecule has 2 aromatic rings. The van der Waals surface area contributed by atoms with Crippen LogP contribution in [0, 0.1) is 17.7 Å². The SMILES string of the molecule is CC1CCC(n2c(CCCl)nc3cc(Br)c(F)cc32)C1C. The van der Waals surface area contributed by atoms with Crippen molar-refractivity contribution in [2.45, 2.75) is 39.2 Å². The average molecular weight is 374 g/mol. The fourth-order valence-corrected chi connectivity index (χ4v) is 3.97. The van der Waals surface area contributed by atoms with Crippen LogP contribution in [-0.4, -0.2) is 15.4 Å². The molecule has 1 saturated carbocycles. The third-order valence-electron chi connectivity index (χ3n) is 4.88. The Kier molecular flexibility index (Phi) is 4.28. The zero-order valence-corrected chi connectivity index (χ0v) is 14.6. The first-order valence-corrected chi connectivity index (χ1v) is 8.77. The molecule has 0 radical (unpaired) electrons. The van der Waals surface area contributed by atoms with Crippen LogP contribution in [0.15, 0.2) is 16.6 Å². The van der Waals surface area contributed by atoms with Gasteiger partial charge in [0, 0.05) is 24.4 Å². The van der Waals surface area contributed by atoms with E-state index in [0.717, 1.165) is 23.3 Å². The molecule has 0 bridgehead atoms. The maximum absolute atomic E-state index is 14.0. The molecule has 1 aliphatic carbocycles. The molecule has 2 nitrogen and oxygen atoms in total. The lowest BCUT2D eigenvalue weighted by molar-refractivity contribution is 0.352. The van der Waals surface area contributed by atoms with E-state index in [4.69, 9.17) is 16.6 Å². The average Bonchev–Trinajstić information content (AvgIpc) is 2.93. The van der Waals surface area contributed by atoms with Crippen molar-refractivity contribution in [2.24, 2.45) is 11.8 Å². The molecule has 1 heterocycles. The Hall–Kier alpha value is -0.610. The Morgan fingerprint density at radius 1 is 1.38 bits per heavy atom. The lowest BCUT2D eigenvalue weighted by Crippen LogP contribution is -2.17. The molecule has 0 amide bonds. The van der Waals surface area contributed by atoms with E-state index >= 15 is 0 Å². The molecular formula is C16H19BrClFN2. The summed E-state index contributed by atoms with van der Waals surface area (Å²) in [5, 5.41) is 0. The quantitative estimate of drug-likeness (QED) is 0.665. The van der Waals surface area contributed by atoms with Gasteiger partial charge in [-0.3, -0.25) is 0 Å². The number of halogens is 3. The Bertz CT molecular complexity index is 670. The highest BCUT2D eigenvalue weighted by Crippen LogP contribution is 2.42. The minimum Gasteiger partial charge on any atom is -0.324 e. The molecule has 5 heteroatoms. The summed E-state index contributed by atoms with van der Waals surface area (Å²) in [5.41, 5.74) is 1.73. The first kappa shape index (κ1) is 15.3. The summed E-state index contributed by atoms with van der Waals surface area (Å²) >= 11 is 9.18. The number of aromatic nitrogens is 2. The van der Waals surface area contributed by atoms with Crippen LogP contribution < -0.4 is 0 Å². The summed E-state index contributed by atoms with van der Waals surface area (Å²) < 4.78 is 16.7. The van der Waals surface area contributed by atoms with Gasteiger partial charge >= 0.3 is 0 Å². The van der Waals surface area contributed by atoms with Gasteiger partial charge in [-0.2, -0.15) is 0 Å². The first-order valence-electron chi connectivity index (χ1n) is 7.44. The summed E-state index contributed by atoms with van der Waals surface area (Å²) in [6.45, 7) is 4.58. The monoisotopic (exact) mass is 372 g/mol. The van der Waals surface area contributed by atoms with E-state index < -0.39 is 0 Å². The van der Waals surface area contributed by atoms with Crippen LogP contribution in [0.2, 0.25) is 0 Å². The van der Waals surface area contributed by atoms with Crippen molar-refractivity contribution in [1.29, 1.82) is 0 Å². The van der Waals surface area contributed by atoms with E-state index in [9.17, 15) is 4.39 Å². The van der Waals surface area contributed by atoms with Gasteiger partial charge in [0.25, 0.3) is 0 Å². The molecular weight excluding hydrogens is 355 g/mol. The van der Waals surface area contributed by atoms with Gasteiger partial charge in [0.05, 0.1) is 15.5 Å². The Balaban J connectivity index is 2.18. The van der Waals surface area contributed by atoms with Gasteiger partial charge < -0.3 is 4.57 Å². The number of aryl methyl sites for hydroxylation is 1. The Morgan fingerprint density at radius 2 is 2.14 bits per heavy atom. The fourth-order valence-electron chi connectivity index (χ4n) is 3.47. The number of nitrogens with zero attached hydrogens (tertiary/aromatic N) is 2. The van der Waals surface area contributed by atoms with Gasteiger partial charge in [-0.1, -0.05) is 13.8 Å². The van der Waals surface area contributed by atoms with Crippen LogP contribution in [0.5, 0.6) is 0 Å². The largest absolute Gasteiger partial charge is 0.324 e. The normalized spacial score (nSPS) is 25.9. The third-order valence-corrected chi connectivity index (χ3v) is 5.67. The lowest BCUT2D eigenvalue weighted by Gasteiger charge is -2.23. The molecule has 0 aliphatic heterocycles. The van der Waals surface area contributed by atoms with Crippen LogP contribution in [-0.2, 0) is 6.42 Å². The molecule has 1 aliphatic rings. The number of benzene rings is 1. The van der Waals surface area contributed by atoms with Crippen molar-refractivity contribution in [3.8, 4) is 0 Å². The van der Waals surface area contributed by atoms with E-state index in [0.29, 0.717) is 34.7 Å². The van der Waals surface area contributed by atoms with E-state index in [2.05, 4.69) is 34.3 Å². The highest BCUT2D eigenvalue weighted by atomic mass is 79.9. The van der Waals surface area contributed by atoms with Gasteiger partial charge in [0.15, 0.2) is 0 Å². The van der Waals surface area contributed by atoms with Crippen molar-refractivity contribution in [3.05, 3.63) is 28.2 Å². The summed E-state index contributed by atoms with van der Waals surface area (Å²) in [7, 11) is 0. The van der Waals surface area contributed by atoms with E-state index in [1.54, 1.807) is 12.1 Å². The second-order valence-corrected chi connectivity index (χ2v) is 7.31. The van der Waals surface area contributed by atoms with Crippen LogP contribution in [0.4, 0.5) is 4.39 Å². The zero-order valence-electron chi connectivity index (χ0n) is 12.2. The standard InChI is InChI=1S/C16H19BrClFN2/c1-9-3-4-14(10(9)2)21-15-8-12(19)11(17)7-13(15)20-16(21)5-6-18/h7-10,14H,3-6H2,1-2H3. The molecule has 3 rings (SSSR count). The van der Waals surface area contributed by atoms with Crippen molar-refractivity contribution in [3.63, 3.8) is 0 Å². The van der Waals surface area contributed by atoms with Gasteiger partial charge in [-0.05, 0) is 46.7 Å². The summed E-state index contributed by atoms with van der Waals surface area (Å²) in [4.78, 5) is 4.69. The predicted octanol–water partition coefficient (Wildman–Crippen LogP) is 5.33. The number of fused-ring (bicyclic) bond motifs is 1. The minimum absolute atomic E-state index is 0.236. The molecule has 0 spiro atoms. The zero-order chi connectivity index (χ0) is 15.1. The Morgan fingerprint density at radius 3 is 2.76 bits per heavy atom. The molecule has 21 heavy (non-hydrogen) atoms. The topological polar surface area (TPSA) is 17.8 Å². The number of hydrogen-bond acceptors (Lipinski definition) is 1. The molecule has 1 aromatic carbocycles. The molecule has 1 aromatic heterocycles. The highest BCUT2D eigenvalue weighted by molar-refractivity contribution is 9.10. The van der Waals surface area contributed by atoms with E-state index in [-0.39, 0.29) is 5.82 Å². The van der Waals surface area contributed by atoms with Crippen LogP contribution in [0.1, 0.15) is 38.6 Å². The molecule has 3 atom stereocenters. The number of rotatable bonds is 3. The predicted molar refractivity (Wildman–Crippen MR) is 88.4 cm³/mol. The Labute approximate surface area is 137 Å². The lowest BCUT2D eigenvalue weighted by atomic mass is 9.97. The highest BCUT2D eigenvalue weighted by Gasteiger charge is 2.33. The number of imidazole rings is 1. The fraction of sp³-hybridized carbons (Fsp3) is 0.562. The molecule has 1 fully saturated rings. The molecule has 0 saturated heterocycles. The van der Waals surface area contributed by atoms with Crippen LogP contribution >= 0.6 is 27.5 Å². The summed E-state index contributed by atoms with van der Waals surface area (Å²) in [6.07, 6.45) is 3.05. The third kappa shape index (κ3) is 2.61. The van der Waals surface area contributed by atoms with Crippen molar-refractivity contribution in [2.75, 3.05) is 5.88 Å². The van der Waals surface area contributed by atoms with Crippen molar-refractivity contribution >= 4 is 38.6 Å². The van der Waals surface area contributed by atoms with Gasteiger partial charge in [-0.15, -0.1) is 11.6 Å². The first-order chi connectivity index (χ1) is 10.0. The van der Waals surface area contributed by atoms with E-state index in [1.165, 1.54) is 6.42 Å². The van der Waals surface area contributed by atoms with Gasteiger partial charge in [0.2, 0.25) is 0 Å². The van der Waals surface area contributed by atoms with Gasteiger partial charge in [-0.25, -0.2) is 9.37 Å². The number of hydrogen-bond donors (Lipinski definition) is 0. The smallest absolute Gasteiger partial charge is 0.139 e. The number of alkyl halides is 1. The molecule has 3 unspecified atom stereocenters. The maximum Gasteiger partial charge on any atom is 0.139 e. The molecule has 0 N–H and O–H groups in total. The molecule has 114 valence electrons.